The number of Topliss-reactive ketones (excluding diaryl/α,β-unsaturated/α-hetero) is 1. The van der Waals surface area contributed by atoms with Gasteiger partial charge in [0.1, 0.15) is 12.6 Å². The van der Waals surface area contributed by atoms with Gasteiger partial charge >= 0.3 is 0 Å². The summed E-state index contributed by atoms with van der Waals surface area (Å²) in [6, 6.07) is 0. The predicted molar refractivity (Wildman–Crippen MR) is 111 cm³/mol. The molecule has 4 heteroatoms. The number of allylic oxidation sites excluding steroid dienone is 1. The fraction of sp³-hybridized carbons (Fsp3) is 0.875. The standard InChI is InChI=1S/C24H40O4/c1-7-8-11-22(4)14-19(26)23(5)16(2)9-12-24(13-10-18(25)20(23)24)17(3)21(22)28-15-27-6/h8,11,16-17,19-21,26H,7,9-10,12-15H2,1-6H3/t16-,17+,19-,20?,21+,22-,23+,24?/m1/s1. The van der Waals surface area contributed by atoms with E-state index in [0.717, 1.165) is 25.7 Å². The van der Waals surface area contributed by atoms with E-state index in [9.17, 15) is 9.90 Å². The van der Waals surface area contributed by atoms with Gasteiger partial charge in [-0.1, -0.05) is 46.8 Å². The van der Waals surface area contributed by atoms with Crippen molar-refractivity contribution in [2.45, 2.75) is 85.4 Å². The first kappa shape index (κ1) is 22.0. The SMILES string of the molecule is CCC=C[C@]1(C)C[C@@H](O)[C@@]2(C)C3C(=O)CCC3(CC[C@H]2C)[C@@H](C)[C@@H]1OCOC. The number of carbonyl (C=O) groups is 1. The minimum absolute atomic E-state index is 0.0675. The normalized spacial score (nSPS) is 49.1. The quantitative estimate of drug-likeness (QED) is 0.542. The predicted octanol–water partition coefficient (Wildman–Crippen LogP) is 4.75. The van der Waals surface area contributed by atoms with Crippen LogP contribution in [0.25, 0.3) is 0 Å². The first-order chi connectivity index (χ1) is 13.2. The first-order valence-corrected chi connectivity index (χ1v) is 11.2. The second kappa shape index (κ2) is 7.85. The smallest absolute Gasteiger partial charge is 0.146 e. The molecule has 3 fully saturated rings. The molecule has 0 aromatic heterocycles. The van der Waals surface area contributed by atoms with Crippen LogP contribution < -0.4 is 0 Å². The number of rotatable bonds is 5. The van der Waals surface area contributed by atoms with Crippen molar-refractivity contribution in [2.75, 3.05) is 13.9 Å². The lowest BCUT2D eigenvalue weighted by atomic mass is 9.44. The second-order valence-electron chi connectivity index (χ2n) is 10.3. The van der Waals surface area contributed by atoms with Crippen LogP contribution in [0.1, 0.15) is 73.1 Å². The lowest BCUT2D eigenvalue weighted by Gasteiger charge is -2.62. The zero-order chi connectivity index (χ0) is 20.7. The number of hydrogen-bond donors (Lipinski definition) is 1. The van der Waals surface area contributed by atoms with Gasteiger partial charge in [0.15, 0.2) is 0 Å². The molecule has 2 unspecified atom stereocenters. The van der Waals surface area contributed by atoms with E-state index in [0.29, 0.717) is 24.5 Å². The average molecular weight is 393 g/mol. The van der Waals surface area contributed by atoms with Crippen LogP contribution in [-0.4, -0.2) is 37.0 Å². The second-order valence-corrected chi connectivity index (χ2v) is 10.3. The highest BCUT2D eigenvalue weighted by Crippen LogP contribution is 2.67. The van der Waals surface area contributed by atoms with Crippen LogP contribution in [0.5, 0.6) is 0 Å². The Labute approximate surface area is 171 Å². The van der Waals surface area contributed by atoms with E-state index in [1.54, 1.807) is 7.11 Å². The van der Waals surface area contributed by atoms with Gasteiger partial charge in [0.05, 0.1) is 12.2 Å². The third-order valence-electron chi connectivity index (χ3n) is 8.92. The van der Waals surface area contributed by atoms with E-state index < -0.39 is 6.10 Å². The van der Waals surface area contributed by atoms with Crippen LogP contribution in [0.2, 0.25) is 0 Å². The maximum absolute atomic E-state index is 13.2. The summed E-state index contributed by atoms with van der Waals surface area (Å²) in [5.74, 6) is 0.857. The number of ether oxygens (including phenoxy) is 2. The zero-order valence-corrected chi connectivity index (χ0v) is 18.7. The summed E-state index contributed by atoms with van der Waals surface area (Å²) in [5.41, 5.74) is -0.748. The monoisotopic (exact) mass is 392 g/mol. The Balaban J connectivity index is 2.16. The zero-order valence-electron chi connectivity index (χ0n) is 18.7. The highest BCUT2D eigenvalue weighted by molar-refractivity contribution is 5.85. The molecule has 0 radical (unpaired) electrons. The number of aliphatic hydroxyl groups is 1. The van der Waals surface area contributed by atoms with E-state index in [1.165, 1.54) is 0 Å². The Kier molecular flexibility index (Phi) is 6.16. The average Bonchev–Trinajstić information content (AvgIpc) is 3.01. The van der Waals surface area contributed by atoms with Crippen LogP contribution in [0.4, 0.5) is 0 Å². The molecule has 1 N–H and O–H groups in total. The Morgan fingerprint density at radius 2 is 1.96 bits per heavy atom. The van der Waals surface area contributed by atoms with Crippen LogP contribution >= 0.6 is 0 Å². The molecule has 0 amide bonds. The van der Waals surface area contributed by atoms with Crippen LogP contribution in [0.15, 0.2) is 12.2 Å². The molecule has 3 saturated carbocycles. The van der Waals surface area contributed by atoms with Gasteiger partial charge in [-0.2, -0.15) is 0 Å². The number of aliphatic hydroxyl groups excluding tert-OH is 1. The van der Waals surface area contributed by atoms with Gasteiger partial charge in [-0.3, -0.25) is 4.79 Å². The van der Waals surface area contributed by atoms with Crippen molar-refractivity contribution in [3.05, 3.63) is 12.2 Å². The minimum Gasteiger partial charge on any atom is -0.392 e. The van der Waals surface area contributed by atoms with E-state index in [4.69, 9.17) is 9.47 Å². The first-order valence-electron chi connectivity index (χ1n) is 11.2. The summed E-state index contributed by atoms with van der Waals surface area (Å²) in [4.78, 5) is 13.2. The molecule has 3 aliphatic rings. The van der Waals surface area contributed by atoms with Gasteiger partial charge in [0.2, 0.25) is 0 Å². The van der Waals surface area contributed by atoms with Crippen molar-refractivity contribution in [1.82, 2.24) is 0 Å². The highest BCUT2D eigenvalue weighted by Gasteiger charge is 2.67. The molecule has 2 bridgehead atoms. The summed E-state index contributed by atoms with van der Waals surface area (Å²) in [6.07, 6.45) is 9.09. The Morgan fingerprint density at radius 3 is 2.61 bits per heavy atom. The molecule has 3 aliphatic carbocycles. The van der Waals surface area contributed by atoms with E-state index in [-0.39, 0.29) is 41.0 Å². The third-order valence-corrected chi connectivity index (χ3v) is 8.92. The van der Waals surface area contributed by atoms with E-state index >= 15 is 0 Å². The van der Waals surface area contributed by atoms with Gasteiger partial charge < -0.3 is 14.6 Å². The van der Waals surface area contributed by atoms with Crippen molar-refractivity contribution < 1.29 is 19.4 Å². The Bertz CT molecular complexity index is 616. The largest absolute Gasteiger partial charge is 0.392 e. The summed E-state index contributed by atoms with van der Waals surface area (Å²) in [5, 5.41) is 11.6. The van der Waals surface area contributed by atoms with Crippen LogP contribution in [0.3, 0.4) is 0 Å². The van der Waals surface area contributed by atoms with Crippen LogP contribution in [0, 0.1) is 34.0 Å². The van der Waals surface area contributed by atoms with Crippen molar-refractivity contribution in [2.24, 2.45) is 34.0 Å². The van der Waals surface area contributed by atoms with Gasteiger partial charge in [0, 0.05) is 30.3 Å². The molecule has 0 aromatic rings. The van der Waals surface area contributed by atoms with Crippen molar-refractivity contribution in [3.63, 3.8) is 0 Å². The maximum atomic E-state index is 13.2. The number of carbonyl (C=O) groups excluding carboxylic acids is 1. The molecular formula is C24H40O4. The Morgan fingerprint density at radius 1 is 1.25 bits per heavy atom. The molecule has 4 nitrogen and oxygen atoms in total. The lowest BCUT2D eigenvalue weighted by molar-refractivity contribution is -0.214. The molecule has 0 aromatic carbocycles. The molecule has 0 saturated heterocycles. The van der Waals surface area contributed by atoms with Gasteiger partial charge in [0.25, 0.3) is 0 Å². The molecule has 3 rings (SSSR count). The fourth-order valence-electron chi connectivity index (χ4n) is 7.17. The topological polar surface area (TPSA) is 55.8 Å². The molecule has 160 valence electrons. The Hall–Kier alpha value is -0.710. The molecule has 0 spiro atoms. The minimum atomic E-state index is -0.526. The van der Waals surface area contributed by atoms with Gasteiger partial charge in [-0.05, 0) is 49.4 Å². The van der Waals surface area contributed by atoms with E-state index in [1.807, 2.05) is 0 Å². The molecule has 0 aliphatic heterocycles. The lowest BCUT2D eigenvalue weighted by Crippen LogP contribution is -2.62. The van der Waals surface area contributed by atoms with Gasteiger partial charge in [-0.25, -0.2) is 0 Å². The summed E-state index contributed by atoms with van der Waals surface area (Å²) in [6.45, 7) is 11.3. The molecular weight excluding hydrogens is 352 g/mol. The molecule has 28 heavy (non-hydrogen) atoms. The van der Waals surface area contributed by atoms with Gasteiger partial charge in [-0.15, -0.1) is 0 Å². The maximum Gasteiger partial charge on any atom is 0.146 e. The highest BCUT2D eigenvalue weighted by atomic mass is 16.7. The molecule has 8 atom stereocenters. The van der Waals surface area contributed by atoms with Crippen molar-refractivity contribution in [1.29, 1.82) is 0 Å². The van der Waals surface area contributed by atoms with Crippen LogP contribution in [-0.2, 0) is 14.3 Å². The fourth-order valence-corrected chi connectivity index (χ4v) is 7.17. The number of methoxy groups -OCH3 is 1. The van der Waals surface area contributed by atoms with E-state index in [2.05, 4.69) is 46.8 Å². The summed E-state index contributed by atoms with van der Waals surface area (Å²) < 4.78 is 11.6. The summed E-state index contributed by atoms with van der Waals surface area (Å²) >= 11 is 0. The van der Waals surface area contributed by atoms with Crippen molar-refractivity contribution in [3.8, 4) is 0 Å². The third kappa shape index (κ3) is 3.11. The number of hydrogen-bond acceptors (Lipinski definition) is 4. The van der Waals surface area contributed by atoms with Crippen molar-refractivity contribution >= 4 is 5.78 Å². The summed E-state index contributed by atoms with van der Waals surface area (Å²) in [7, 11) is 1.65. The number of ketones is 1. The molecule has 0 heterocycles.